The predicted molar refractivity (Wildman–Crippen MR) is 63.2 cm³/mol. The van der Waals surface area contributed by atoms with Crippen LogP contribution in [0.15, 0.2) is 71.1 Å². The van der Waals surface area contributed by atoms with Gasteiger partial charge in [-0.2, -0.15) is 0 Å². The van der Waals surface area contributed by atoms with Crippen LogP contribution in [0.5, 0.6) is 0 Å². The Bertz CT molecular complexity index is 367. The average Bonchev–Trinajstić information content (AvgIpc) is 2.19. The van der Waals surface area contributed by atoms with Gasteiger partial charge in [0, 0.05) is 18.9 Å². The summed E-state index contributed by atoms with van der Waals surface area (Å²) in [7, 11) is 0. The van der Waals surface area contributed by atoms with E-state index in [1.54, 1.807) is 0 Å². The Morgan fingerprint density at radius 1 is 0.643 bits per heavy atom. The van der Waals surface area contributed by atoms with Crippen molar-refractivity contribution in [3.05, 3.63) is 71.1 Å². The van der Waals surface area contributed by atoms with E-state index in [1.165, 1.54) is 16.4 Å². The van der Waals surface area contributed by atoms with Gasteiger partial charge in [0.2, 0.25) is 6.71 Å². The summed E-state index contributed by atoms with van der Waals surface area (Å²) in [6.45, 7) is 0.514. The van der Waals surface area contributed by atoms with E-state index in [-0.39, 0.29) is 18.9 Å². The molecule has 2 heteroatoms. The number of hydrogen-bond donors (Lipinski definition) is 0. The molecular weight excluding hydrogens is 162 g/mol. The van der Waals surface area contributed by atoms with E-state index in [2.05, 4.69) is 54.7 Å². The fourth-order valence-corrected chi connectivity index (χ4v) is 2.13. The zero-order chi connectivity index (χ0) is 8.67. The van der Waals surface area contributed by atoms with Crippen molar-refractivity contribution >= 4 is 25.6 Å². The standard InChI is InChI=1S/C12H9B.Li/c1-4-10-6-2-8-12-9-3-7-11(5-1)13(10)12;/h1-9H;. The quantitative estimate of drug-likeness (QED) is 0.490. The van der Waals surface area contributed by atoms with Gasteiger partial charge in [0.05, 0.1) is 0 Å². The van der Waals surface area contributed by atoms with E-state index in [1.807, 2.05) is 0 Å². The summed E-state index contributed by atoms with van der Waals surface area (Å²) in [5, 5.41) is 0. The van der Waals surface area contributed by atoms with Crippen molar-refractivity contribution in [3.63, 3.8) is 0 Å². The molecule has 0 saturated carbocycles. The van der Waals surface area contributed by atoms with Crippen molar-refractivity contribution in [2.75, 3.05) is 0 Å². The van der Waals surface area contributed by atoms with Gasteiger partial charge in [0.15, 0.2) is 0 Å². The molecule has 0 aliphatic carbocycles. The molecule has 0 saturated heterocycles. The summed E-state index contributed by atoms with van der Waals surface area (Å²) in [5.41, 5.74) is 4.24. The van der Waals surface area contributed by atoms with Gasteiger partial charge in [-0.1, -0.05) is 71.1 Å². The van der Waals surface area contributed by atoms with Crippen molar-refractivity contribution in [3.8, 4) is 0 Å². The van der Waals surface area contributed by atoms with Gasteiger partial charge in [0.25, 0.3) is 0 Å². The van der Waals surface area contributed by atoms with Crippen LogP contribution in [-0.4, -0.2) is 25.6 Å². The molecule has 0 unspecified atom stereocenters. The third kappa shape index (κ3) is 1.34. The Hall–Kier alpha value is -0.898. The molecule has 0 fully saturated rings. The molecule has 3 heterocycles. The van der Waals surface area contributed by atoms with E-state index in [0.717, 1.165) is 0 Å². The summed E-state index contributed by atoms with van der Waals surface area (Å²) >= 11 is 0. The monoisotopic (exact) mass is 171 g/mol. The van der Waals surface area contributed by atoms with Crippen LogP contribution in [0.4, 0.5) is 0 Å². The molecule has 61 valence electrons. The maximum atomic E-state index is 2.20. The van der Waals surface area contributed by atoms with E-state index >= 15 is 0 Å². The van der Waals surface area contributed by atoms with Gasteiger partial charge in [0.1, 0.15) is 0 Å². The summed E-state index contributed by atoms with van der Waals surface area (Å²) in [6.07, 6.45) is 19.6. The molecule has 3 aliphatic rings. The van der Waals surface area contributed by atoms with Crippen LogP contribution in [0, 0.1) is 0 Å². The molecule has 0 aromatic heterocycles. The van der Waals surface area contributed by atoms with E-state index in [4.69, 9.17) is 0 Å². The number of allylic oxidation sites excluding steroid dienone is 12. The SMILES string of the molecule is C1=CC2=CC=CC3=CC=CC(=C1)B23.[Li]. The van der Waals surface area contributed by atoms with Crippen molar-refractivity contribution in [1.29, 1.82) is 0 Å². The van der Waals surface area contributed by atoms with Crippen LogP contribution in [0.1, 0.15) is 0 Å². The minimum Gasteiger partial charge on any atom is -0.0687 e. The molecule has 0 amide bonds. The van der Waals surface area contributed by atoms with Crippen LogP contribution >= 0.6 is 0 Å². The predicted octanol–water partition coefficient (Wildman–Crippen LogP) is 2.21. The fourth-order valence-electron chi connectivity index (χ4n) is 2.13. The van der Waals surface area contributed by atoms with E-state index < -0.39 is 0 Å². The molecule has 0 spiro atoms. The van der Waals surface area contributed by atoms with E-state index in [0.29, 0.717) is 6.71 Å². The van der Waals surface area contributed by atoms with E-state index in [9.17, 15) is 0 Å². The average molecular weight is 171 g/mol. The van der Waals surface area contributed by atoms with Crippen molar-refractivity contribution < 1.29 is 0 Å². The maximum absolute atomic E-state index is 2.20. The minimum atomic E-state index is 0. The first kappa shape index (κ1) is 9.65. The van der Waals surface area contributed by atoms with Crippen LogP contribution < -0.4 is 0 Å². The smallest absolute Gasteiger partial charge is 0.0687 e. The first-order valence-electron chi connectivity index (χ1n) is 4.60. The normalized spacial score (nSPS) is 20.6. The topological polar surface area (TPSA) is 0 Å². The molecule has 3 aliphatic heterocycles. The Morgan fingerprint density at radius 3 is 1.36 bits per heavy atom. The molecular formula is C12H9BLi. The van der Waals surface area contributed by atoms with Gasteiger partial charge >= 0.3 is 0 Å². The number of rotatable bonds is 0. The summed E-state index contributed by atoms with van der Waals surface area (Å²) in [5.74, 6) is 0. The van der Waals surface area contributed by atoms with Crippen LogP contribution in [0.2, 0.25) is 0 Å². The number of hydrogen-bond acceptors (Lipinski definition) is 0. The second-order valence-corrected chi connectivity index (χ2v) is 3.51. The molecule has 1 radical (unpaired) electrons. The van der Waals surface area contributed by atoms with Gasteiger partial charge in [-0.3, -0.25) is 0 Å². The van der Waals surface area contributed by atoms with Crippen LogP contribution in [-0.2, 0) is 0 Å². The third-order valence-corrected chi connectivity index (χ3v) is 2.73. The summed E-state index contributed by atoms with van der Waals surface area (Å²) in [6, 6.07) is 0. The Morgan fingerprint density at radius 2 is 1.00 bits per heavy atom. The van der Waals surface area contributed by atoms with Gasteiger partial charge in [-0.15, -0.1) is 0 Å². The molecule has 14 heavy (non-hydrogen) atoms. The van der Waals surface area contributed by atoms with Crippen molar-refractivity contribution in [2.45, 2.75) is 0 Å². The molecule has 0 nitrogen and oxygen atoms in total. The molecule has 0 aromatic rings. The minimum absolute atomic E-state index is 0. The third-order valence-electron chi connectivity index (χ3n) is 2.73. The van der Waals surface area contributed by atoms with Crippen molar-refractivity contribution in [2.24, 2.45) is 0 Å². The summed E-state index contributed by atoms with van der Waals surface area (Å²) in [4.78, 5) is 0. The molecule has 0 aromatic carbocycles. The van der Waals surface area contributed by atoms with Crippen LogP contribution in [0.25, 0.3) is 0 Å². The fraction of sp³-hybridized carbons (Fsp3) is 0. The second kappa shape index (κ2) is 3.69. The molecule has 3 rings (SSSR count). The van der Waals surface area contributed by atoms with Crippen LogP contribution in [0.3, 0.4) is 0 Å². The Labute approximate surface area is 96.7 Å². The zero-order valence-electron chi connectivity index (χ0n) is 8.27. The van der Waals surface area contributed by atoms with Crippen molar-refractivity contribution in [1.82, 2.24) is 0 Å². The first-order valence-corrected chi connectivity index (χ1v) is 4.60. The van der Waals surface area contributed by atoms with Gasteiger partial charge < -0.3 is 0 Å². The maximum Gasteiger partial charge on any atom is 0.241 e. The molecule has 0 N–H and O–H groups in total. The first-order chi connectivity index (χ1) is 6.45. The molecule has 0 atom stereocenters. The Kier molecular flexibility index (Phi) is 2.54. The van der Waals surface area contributed by atoms with Gasteiger partial charge in [-0.05, 0) is 0 Å². The Balaban J connectivity index is 0.000000750. The van der Waals surface area contributed by atoms with Gasteiger partial charge in [-0.25, -0.2) is 0 Å². The second-order valence-electron chi connectivity index (χ2n) is 3.51. The largest absolute Gasteiger partial charge is 0.241 e. The summed E-state index contributed by atoms with van der Waals surface area (Å²) < 4.78 is 0. The zero-order valence-corrected chi connectivity index (χ0v) is 8.27. The molecule has 0 bridgehead atoms.